The molecule has 260 valence electrons. The van der Waals surface area contributed by atoms with Gasteiger partial charge in [-0.25, -0.2) is 9.59 Å². The molecule has 0 radical (unpaired) electrons. The summed E-state index contributed by atoms with van der Waals surface area (Å²) in [6.45, 7) is -1.26. The topological polar surface area (TPSA) is 248 Å². The molecule has 2 heterocycles. The van der Waals surface area contributed by atoms with Gasteiger partial charge in [-0.3, -0.25) is 4.79 Å². The number of rotatable bonds is 12. The van der Waals surface area contributed by atoms with Crippen molar-refractivity contribution in [2.24, 2.45) is 0 Å². The number of aliphatic hydroxyl groups is 5. The van der Waals surface area contributed by atoms with Crippen LogP contribution in [0.3, 0.4) is 0 Å². The molecule has 16 heteroatoms. The van der Waals surface area contributed by atoms with Gasteiger partial charge >= 0.3 is 17.9 Å². The summed E-state index contributed by atoms with van der Waals surface area (Å²) in [6, 6.07) is 11.7. The molecular formula is C32H36O16. The average molecular weight is 677 g/mol. The number of aromatic hydroxyl groups is 2. The lowest BCUT2D eigenvalue weighted by Gasteiger charge is -2.43. The van der Waals surface area contributed by atoms with Crippen molar-refractivity contribution in [2.45, 2.75) is 61.7 Å². The molecule has 7 N–H and O–H groups in total. The third kappa shape index (κ3) is 9.15. The van der Waals surface area contributed by atoms with Crippen LogP contribution in [0.5, 0.6) is 11.5 Å². The van der Waals surface area contributed by atoms with E-state index >= 15 is 0 Å². The molecular weight excluding hydrogens is 640 g/mol. The summed E-state index contributed by atoms with van der Waals surface area (Å²) >= 11 is 0. The monoisotopic (exact) mass is 676 g/mol. The van der Waals surface area contributed by atoms with Crippen molar-refractivity contribution in [3.05, 3.63) is 71.8 Å². The van der Waals surface area contributed by atoms with Gasteiger partial charge in [0.15, 0.2) is 12.4 Å². The van der Waals surface area contributed by atoms with Crippen molar-refractivity contribution >= 4 is 30.1 Å². The molecule has 9 atom stereocenters. The zero-order valence-corrected chi connectivity index (χ0v) is 25.5. The summed E-state index contributed by atoms with van der Waals surface area (Å²) in [5.74, 6) is -5.14. The van der Waals surface area contributed by atoms with Gasteiger partial charge in [0.25, 0.3) is 0 Å². The van der Waals surface area contributed by atoms with E-state index in [1.807, 2.05) is 0 Å². The Morgan fingerprint density at radius 1 is 0.750 bits per heavy atom. The van der Waals surface area contributed by atoms with Crippen molar-refractivity contribution < 1.29 is 78.6 Å². The first-order chi connectivity index (χ1) is 22.8. The zero-order valence-electron chi connectivity index (χ0n) is 25.5. The molecule has 16 nitrogen and oxygen atoms in total. The van der Waals surface area contributed by atoms with E-state index in [-0.39, 0.29) is 11.5 Å². The first-order valence-corrected chi connectivity index (χ1v) is 14.6. The summed E-state index contributed by atoms with van der Waals surface area (Å²) in [4.78, 5) is 36.6. The largest absolute Gasteiger partial charge is 0.508 e. The Balaban J connectivity index is 1.54. The van der Waals surface area contributed by atoms with Crippen LogP contribution in [0, 0.1) is 0 Å². The molecule has 2 aromatic rings. The lowest BCUT2D eigenvalue weighted by molar-refractivity contribution is -0.383. The summed E-state index contributed by atoms with van der Waals surface area (Å²) in [6.07, 6.45) is -9.35. The van der Waals surface area contributed by atoms with Crippen LogP contribution in [-0.2, 0) is 42.8 Å². The van der Waals surface area contributed by atoms with Crippen molar-refractivity contribution in [3.63, 3.8) is 0 Å². The van der Waals surface area contributed by atoms with Gasteiger partial charge in [0.2, 0.25) is 5.79 Å². The highest BCUT2D eigenvalue weighted by Gasteiger charge is 2.61. The Kier molecular flexibility index (Phi) is 12.3. The number of ether oxygens (including phenoxy) is 6. The van der Waals surface area contributed by atoms with Gasteiger partial charge in [-0.15, -0.1) is 0 Å². The van der Waals surface area contributed by atoms with Crippen LogP contribution in [0.1, 0.15) is 18.1 Å². The molecule has 0 saturated carbocycles. The second-order valence-corrected chi connectivity index (χ2v) is 10.9. The van der Waals surface area contributed by atoms with Crippen LogP contribution in [-0.4, -0.2) is 128 Å². The molecule has 0 unspecified atom stereocenters. The molecule has 2 aliphatic heterocycles. The van der Waals surface area contributed by atoms with E-state index in [0.29, 0.717) is 11.1 Å². The van der Waals surface area contributed by atoms with E-state index in [1.54, 1.807) is 12.1 Å². The fourth-order valence-electron chi connectivity index (χ4n) is 4.82. The third-order valence-corrected chi connectivity index (χ3v) is 7.37. The van der Waals surface area contributed by atoms with Crippen LogP contribution in [0.2, 0.25) is 0 Å². The number of aliphatic hydroxyl groups excluding tert-OH is 5. The van der Waals surface area contributed by atoms with Crippen molar-refractivity contribution in [1.82, 2.24) is 0 Å². The number of hydrogen-bond donors (Lipinski definition) is 7. The molecule has 48 heavy (non-hydrogen) atoms. The van der Waals surface area contributed by atoms with E-state index in [2.05, 4.69) is 0 Å². The van der Waals surface area contributed by atoms with Gasteiger partial charge in [0.1, 0.15) is 67.9 Å². The van der Waals surface area contributed by atoms with Crippen LogP contribution in [0.15, 0.2) is 60.7 Å². The second kappa shape index (κ2) is 16.1. The SMILES string of the molecule is CC(=O)OC[C@H]1O[C@@H](O[C@]2(CO)O[C@H](COC(=O)/C=C/c3ccc(O)cc3)[C@@H](O)[C@@H]2OC(=O)/C=C/c2ccc(O)cc2)[C@H](O)[C@@H](O)[C@@H]1O. The third-order valence-electron chi connectivity index (χ3n) is 7.37. The number of phenols is 2. The van der Waals surface area contributed by atoms with Gasteiger partial charge in [0.05, 0.1) is 0 Å². The molecule has 0 aromatic heterocycles. The lowest BCUT2D eigenvalue weighted by atomic mass is 9.99. The van der Waals surface area contributed by atoms with Crippen LogP contribution < -0.4 is 0 Å². The van der Waals surface area contributed by atoms with E-state index < -0.39 is 92.5 Å². The predicted octanol–water partition coefficient (Wildman–Crippen LogP) is -0.885. The molecule has 0 bridgehead atoms. The quantitative estimate of drug-likeness (QED) is 0.0819. The normalized spacial score (nSPS) is 30.4. The summed E-state index contributed by atoms with van der Waals surface area (Å²) in [5, 5.41) is 72.0. The Labute approximate surface area is 273 Å². The van der Waals surface area contributed by atoms with Gasteiger partial charge in [0, 0.05) is 19.1 Å². The standard InChI is InChI=1S/C32H36O16/c1-17(34)43-14-22-26(39)28(41)29(42)31(45-22)48-32(16-33)30(46-25(38)13-7-19-4-10-21(36)11-5-19)27(40)23(47-32)15-44-24(37)12-6-18-2-8-20(35)9-3-18/h2-13,22-23,26-31,33,35-36,39-42H,14-16H2,1H3/b12-6+,13-7+/t22-,23-,26-,27-,28+,29-,30+,31+,32+/m1/s1. The maximum Gasteiger partial charge on any atom is 0.331 e. The smallest absolute Gasteiger partial charge is 0.331 e. The summed E-state index contributed by atoms with van der Waals surface area (Å²) in [7, 11) is 0. The summed E-state index contributed by atoms with van der Waals surface area (Å²) < 4.78 is 32.5. The summed E-state index contributed by atoms with van der Waals surface area (Å²) in [5.41, 5.74) is 1.06. The highest BCUT2D eigenvalue weighted by molar-refractivity contribution is 5.87. The molecule has 2 fully saturated rings. The second-order valence-electron chi connectivity index (χ2n) is 10.9. The van der Waals surface area contributed by atoms with Crippen molar-refractivity contribution in [1.29, 1.82) is 0 Å². The molecule has 0 spiro atoms. The van der Waals surface area contributed by atoms with Gasteiger partial charge < -0.3 is 64.2 Å². The minimum absolute atomic E-state index is 0.00623. The van der Waals surface area contributed by atoms with Gasteiger partial charge in [-0.1, -0.05) is 24.3 Å². The Bertz CT molecular complexity index is 1460. The zero-order chi connectivity index (χ0) is 35.0. The number of benzene rings is 2. The minimum Gasteiger partial charge on any atom is -0.508 e. The fourth-order valence-corrected chi connectivity index (χ4v) is 4.82. The molecule has 4 rings (SSSR count). The Morgan fingerprint density at radius 3 is 1.83 bits per heavy atom. The minimum atomic E-state index is -2.50. The van der Waals surface area contributed by atoms with Crippen molar-refractivity contribution in [2.75, 3.05) is 19.8 Å². The van der Waals surface area contributed by atoms with E-state index in [9.17, 15) is 50.1 Å². The van der Waals surface area contributed by atoms with Gasteiger partial charge in [-0.2, -0.15) is 0 Å². The number of phenolic OH excluding ortho intramolecular Hbond substituents is 2. The van der Waals surface area contributed by atoms with E-state index in [4.69, 9.17) is 28.4 Å². The van der Waals surface area contributed by atoms with E-state index in [1.165, 1.54) is 48.6 Å². The molecule has 2 aromatic carbocycles. The fraction of sp³-hybridized carbons (Fsp3) is 0.406. The van der Waals surface area contributed by atoms with E-state index in [0.717, 1.165) is 19.1 Å². The molecule has 0 aliphatic carbocycles. The lowest BCUT2D eigenvalue weighted by Crippen LogP contribution is -2.63. The number of hydrogen-bond acceptors (Lipinski definition) is 16. The van der Waals surface area contributed by atoms with Gasteiger partial charge in [-0.05, 0) is 47.5 Å². The predicted molar refractivity (Wildman–Crippen MR) is 160 cm³/mol. The molecule has 0 amide bonds. The number of esters is 3. The highest BCUT2D eigenvalue weighted by atomic mass is 16.8. The first kappa shape index (κ1) is 36.4. The first-order valence-electron chi connectivity index (χ1n) is 14.6. The molecule has 2 saturated heterocycles. The van der Waals surface area contributed by atoms with Crippen LogP contribution in [0.4, 0.5) is 0 Å². The maximum atomic E-state index is 12.9. The highest BCUT2D eigenvalue weighted by Crippen LogP contribution is 2.38. The number of carbonyl (C=O) groups is 3. The maximum absolute atomic E-state index is 12.9. The Hall–Kier alpha value is -4.39. The van der Waals surface area contributed by atoms with Crippen LogP contribution >= 0.6 is 0 Å². The molecule has 2 aliphatic rings. The van der Waals surface area contributed by atoms with Crippen molar-refractivity contribution in [3.8, 4) is 11.5 Å². The van der Waals surface area contributed by atoms with Crippen LogP contribution in [0.25, 0.3) is 12.2 Å². The number of carbonyl (C=O) groups excluding carboxylic acids is 3. The Morgan fingerprint density at radius 2 is 1.29 bits per heavy atom. The average Bonchev–Trinajstić information content (AvgIpc) is 3.32.